The van der Waals surface area contributed by atoms with Crippen LogP contribution in [0.5, 0.6) is 0 Å². The molecule has 0 aromatic rings. The number of ether oxygens (including phenoxy) is 3. The van der Waals surface area contributed by atoms with Gasteiger partial charge >= 0.3 is 11.9 Å². The van der Waals surface area contributed by atoms with Crippen molar-refractivity contribution in [2.75, 3.05) is 19.8 Å². The summed E-state index contributed by atoms with van der Waals surface area (Å²) in [6, 6.07) is 0. The van der Waals surface area contributed by atoms with Gasteiger partial charge in [-0.25, -0.2) is 0 Å². The van der Waals surface area contributed by atoms with Gasteiger partial charge in [0.25, 0.3) is 0 Å². The quantitative estimate of drug-likeness (QED) is 0.0347. The monoisotopic (exact) mass is 841 g/mol. The second kappa shape index (κ2) is 51.2. The van der Waals surface area contributed by atoms with Crippen molar-refractivity contribution in [3.8, 4) is 0 Å². The minimum atomic E-state index is -0.540. The first-order chi connectivity index (χ1) is 29.6. The molecule has 0 aliphatic rings. The summed E-state index contributed by atoms with van der Waals surface area (Å²) < 4.78 is 17.4. The molecule has 0 saturated heterocycles. The standard InChI is InChI=1S/C55H100O5/c1-4-7-10-13-16-19-21-23-25-27-29-31-33-35-38-41-44-47-50-58-51-53(60-55(57)49-46-43-40-36-18-15-12-9-6-3)52-59-54(56)48-45-42-39-37-34-32-30-28-26-24-22-20-17-14-11-8-5-2/h8,11,17,20,24,26,30,32,53H,4-7,9-10,12-16,18-19,21-23,25,27-29,31,33-52H2,1-3H3/b11-8-,20-17-,26-24-,32-30-. The van der Waals surface area contributed by atoms with E-state index in [1.807, 2.05) is 0 Å². The molecule has 1 unspecified atom stereocenters. The second-order valence-corrected chi connectivity index (χ2v) is 17.4. The third-order valence-electron chi connectivity index (χ3n) is 11.4. The molecule has 0 radical (unpaired) electrons. The number of allylic oxidation sites excluding steroid dienone is 8. The van der Waals surface area contributed by atoms with E-state index in [2.05, 4.69) is 69.4 Å². The van der Waals surface area contributed by atoms with Crippen molar-refractivity contribution >= 4 is 11.9 Å². The molecule has 0 saturated carbocycles. The summed E-state index contributed by atoms with van der Waals surface area (Å²) in [5, 5.41) is 0. The topological polar surface area (TPSA) is 61.8 Å². The number of unbranched alkanes of at least 4 members (excludes halogenated alkanes) is 29. The van der Waals surface area contributed by atoms with Crippen LogP contribution < -0.4 is 0 Å². The zero-order valence-electron chi connectivity index (χ0n) is 40.2. The maximum Gasteiger partial charge on any atom is 0.306 e. The van der Waals surface area contributed by atoms with Crippen molar-refractivity contribution in [3.63, 3.8) is 0 Å². The minimum absolute atomic E-state index is 0.0767. The zero-order valence-corrected chi connectivity index (χ0v) is 40.2. The Kier molecular flexibility index (Phi) is 49.4. The maximum absolute atomic E-state index is 12.7. The van der Waals surface area contributed by atoms with Crippen LogP contribution in [0.1, 0.15) is 265 Å². The Hall–Kier alpha value is -2.14. The SMILES string of the molecule is CC/C=C\C/C=C\C/C=C\C/C=C\CCCCCCC(=O)OCC(COCCCCCCCCCCCCCCCCCCCC)OC(=O)CCCCCCCCCCC. The fourth-order valence-electron chi connectivity index (χ4n) is 7.50. The predicted octanol–water partition coefficient (Wildman–Crippen LogP) is 17.6. The molecular weight excluding hydrogens is 741 g/mol. The van der Waals surface area contributed by atoms with Crippen LogP contribution >= 0.6 is 0 Å². The molecule has 0 spiro atoms. The predicted molar refractivity (Wildman–Crippen MR) is 261 cm³/mol. The van der Waals surface area contributed by atoms with Crippen molar-refractivity contribution in [2.24, 2.45) is 0 Å². The van der Waals surface area contributed by atoms with Gasteiger partial charge in [-0.1, -0.05) is 243 Å². The lowest BCUT2D eigenvalue weighted by Crippen LogP contribution is -2.30. The summed E-state index contributed by atoms with van der Waals surface area (Å²) >= 11 is 0. The molecule has 0 amide bonds. The Morgan fingerprint density at radius 2 is 0.750 bits per heavy atom. The molecule has 0 heterocycles. The van der Waals surface area contributed by atoms with Crippen LogP contribution in [0, 0.1) is 0 Å². The Balaban J connectivity index is 4.18. The molecule has 0 fully saturated rings. The first-order valence-electron chi connectivity index (χ1n) is 26.2. The second-order valence-electron chi connectivity index (χ2n) is 17.4. The Morgan fingerprint density at radius 3 is 1.20 bits per heavy atom. The fraction of sp³-hybridized carbons (Fsp3) is 0.818. The van der Waals surface area contributed by atoms with E-state index in [0.717, 1.165) is 77.0 Å². The highest BCUT2D eigenvalue weighted by Gasteiger charge is 2.17. The third-order valence-corrected chi connectivity index (χ3v) is 11.4. The first kappa shape index (κ1) is 57.9. The molecule has 5 heteroatoms. The highest BCUT2D eigenvalue weighted by atomic mass is 16.6. The van der Waals surface area contributed by atoms with E-state index in [1.165, 1.54) is 154 Å². The third kappa shape index (κ3) is 48.5. The van der Waals surface area contributed by atoms with Crippen molar-refractivity contribution in [2.45, 2.75) is 271 Å². The molecule has 0 aliphatic carbocycles. The number of esters is 2. The average Bonchev–Trinajstić information content (AvgIpc) is 3.25. The van der Waals surface area contributed by atoms with Crippen LogP contribution in [0.15, 0.2) is 48.6 Å². The summed E-state index contributed by atoms with van der Waals surface area (Å²) in [7, 11) is 0. The van der Waals surface area contributed by atoms with Crippen LogP contribution in [-0.2, 0) is 23.8 Å². The van der Waals surface area contributed by atoms with Crippen molar-refractivity contribution in [1.82, 2.24) is 0 Å². The van der Waals surface area contributed by atoms with E-state index < -0.39 is 6.10 Å². The van der Waals surface area contributed by atoms with Gasteiger partial charge in [0.15, 0.2) is 6.10 Å². The van der Waals surface area contributed by atoms with Crippen molar-refractivity contribution < 1.29 is 23.8 Å². The lowest BCUT2D eigenvalue weighted by Gasteiger charge is -2.18. The number of carbonyl (C=O) groups excluding carboxylic acids is 2. The van der Waals surface area contributed by atoms with E-state index >= 15 is 0 Å². The largest absolute Gasteiger partial charge is 0.462 e. The van der Waals surface area contributed by atoms with Crippen LogP contribution in [0.25, 0.3) is 0 Å². The number of hydrogen-bond donors (Lipinski definition) is 0. The summed E-state index contributed by atoms with van der Waals surface area (Å²) in [6.45, 7) is 7.71. The number of carbonyl (C=O) groups is 2. The van der Waals surface area contributed by atoms with Crippen LogP contribution in [0.3, 0.4) is 0 Å². The van der Waals surface area contributed by atoms with Crippen LogP contribution in [0.4, 0.5) is 0 Å². The lowest BCUT2D eigenvalue weighted by atomic mass is 10.0. The molecule has 350 valence electrons. The van der Waals surface area contributed by atoms with Crippen LogP contribution in [0.2, 0.25) is 0 Å². The van der Waals surface area contributed by atoms with Crippen molar-refractivity contribution in [1.29, 1.82) is 0 Å². The normalized spacial score (nSPS) is 12.5. The molecule has 0 bridgehead atoms. The summed E-state index contributed by atoms with van der Waals surface area (Å²) in [4.78, 5) is 25.3. The molecular formula is C55H100O5. The zero-order chi connectivity index (χ0) is 43.5. The molecule has 0 aromatic heterocycles. The van der Waals surface area contributed by atoms with Gasteiger partial charge in [-0.2, -0.15) is 0 Å². The van der Waals surface area contributed by atoms with Gasteiger partial charge in [0.2, 0.25) is 0 Å². The minimum Gasteiger partial charge on any atom is -0.462 e. The van der Waals surface area contributed by atoms with Gasteiger partial charge in [-0.3, -0.25) is 9.59 Å². The summed E-state index contributed by atoms with van der Waals surface area (Å²) in [6.07, 6.45) is 62.7. The Morgan fingerprint density at radius 1 is 0.383 bits per heavy atom. The molecule has 0 aliphatic heterocycles. The van der Waals surface area contributed by atoms with Gasteiger partial charge in [-0.05, 0) is 57.8 Å². The van der Waals surface area contributed by atoms with E-state index in [4.69, 9.17) is 14.2 Å². The first-order valence-corrected chi connectivity index (χ1v) is 26.2. The molecule has 60 heavy (non-hydrogen) atoms. The van der Waals surface area contributed by atoms with Gasteiger partial charge in [-0.15, -0.1) is 0 Å². The van der Waals surface area contributed by atoms with Crippen molar-refractivity contribution in [3.05, 3.63) is 48.6 Å². The molecule has 5 nitrogen and oxygen atoms in total. The summed E-state index contributed by atoms with van der Waals surface area (Å²) in [5.74, 6) is -0.415. The Bertz CT molecular complexity index is 997. The van der Waals surface area contributed by atoms with E-state index in [9.17, 15) is 9.59 Å². The van der Waals surface area contributed by atoms with E-state index in [-0.39, 0.29) is 25.2 Å². The average molecular weight is 841 g/mol. The van der Waals surface area contributed by atoms with Gasteiger partial charge in [0.05, 0.1) is 6.61 Å². The van der Waals surface area contributed by atoms with E-state index in [0.29, 0.717) is 19.4 Å². The molecule has 0 aromatic carbocycles. The van der Waals surface area contributed by atoms with Gasteiger partial charge in [0.1, 0.15) is 6.61 Å². The molecule has 0 N–H and O–H groups in total. The maximum atomic E-state index is 12.7. The van der Waals surface area contributed by atoms with E-state index in [1.54, 1.807) is 0 Å². The Labute approximate surface area is 373 Å². The summed E-state index contributed by atoms with van der Waals surface area (Å²) in [5.41, 5.74) is 0. The highest BCUT2D eigenvalue weighted by molar-refractivity contribution is 5.70. The smallest absolute Gasteiger partial charge is 0.306 e. The highest BCUT2D eigenvalue weighted by Crippen LogP contribution is 2.16. The van der Waals surface area contributed by atoms with Crippen LogP contribution in [-0.4, -0.2) is 37.9 Å². The molecule has 0 rings (SSSR count). The van der Waals surface area contributed by atoms with Gasteiger partial charge in [0, 0.05) is 19.4 Å². The molecule has 1 atom stereocenters. The fourth-order valence-corrected chi connectivity index (χ4v) is 7.50. The number of rotatable bonds is 48. The van der Waals surface area contributed by atoms with Gasteiger partial charge < -0.3 is 14.2 Å². The lowest BCUT2D eigenvalue weighted by molar-refractivity contribution is -0.163. The number of hydrogen-bond acceptors (Lipinski definition) is 5.